The monoisotopic (exact) mass is 474 g/mol. The third-order valence-corrected chi connectivity index (χ3v) is 8.44. The Morgan fingerprint density at radius 1 is 1.03 bits per heavy atom. The van der Waals surface area contributed by atoms with Crippen molar-refractivity contribution in [2.75, 3.05) is 19.7 Å². The lowest BCUT2D eigenvalue weighted by Crippen LogP contribution is -2.40. The number of piperidine rings is 1. The minimum absolute atomic E-state index is 0.224. The lowest BCUT2D eigenvalue weighted by Gasteiger charge is -2.30. The van der Waals surface area contributed by atoms with Gasteiger partial charge in [0, 0.05) is 36.1 Å². The first-order chi connectivity index (χ1) is 15.4. The smallest absolute Gasteiger partial charge is 0.309 e. The molecule has 3 rings (SSSR count). The Balaban J connectivity index is 1.57. The van der Waals surface area contributed by atoms with Gasteiger partial charge >= 0.3 is 5.97 Å². The van der Waals surface area contributed by atoms with Crippen molar-refractivity contribution in [2.24, 2.45) is 5.92 Å². The molecule has 0 N–H and O–H groups in total. The Labute approximate surface area is 196 Å². The molecule has 0 radical (unpaired) electrons. The maximum absolute atomic E-state index is 13.0. The number of sulfonamides is 1. The van der Waals surface area contributed by atoms with Crippen LogP contribution in [0.5, 0.6) is 0 Å². The molecule has 1 aliphatic rings. The van der Waals surface area contributed by atoms with Crippen molar-refractivity contribution in [1.29, 1.82) is 0 Å². The number of Topliss-reactive ketones (excluding diaryl/α,β-unsaturated/α-hetero) is 1. The summed E-state index contributed by atoms with van der Waals surface area (Å²) in [7, 11) is -3.60. The summed E-state index contributed by atoms with van der Waals surface area (Å²) in [5.74, 6) is -1.07. The molecule has 0 saturated carbocycles. The highest BCUT2D eigenvalue weighted by Crippen LogP contribution is 2.26. The second-order valence-corrected chi connectivity index (χ2v) is 11.1. The first kappa shape index (κ1) is 25.2. The normalized spacial score (nSPS) is 15.7. The van der Waals surface area contributed by atoms with Crippen LogP contribution in [0.4, 0.5) is 0 Å². The second-order valence-electron chi connectivity index (χ2n) is 9.20. The molecular formula is C25H34N2O5S. The van der Waals surface area contributed by atoms with Gasteiger partial charge in [0.25, 0.3) is 0 Å². The zero-order chi connectivity index (χ0) is 24.5. The lowest BCUT2D eigenvalue weighted by atomic mass is 9.98. The van der Waals surface area contributed by atoms with Gasteiger partial charge in [0.2, 0.25) is 15.8 Å². The van der Waals surface area contributed by atoms with E-state index in [9.17, 15) is 18.0 Å². The van der Waals surface area contributed by atoms with Gasteiger partial charge in [-0.2, -0.15) is 4.31 Å². The van der Waals surface area contributed by atoms with Crippen molar-refractivity contribution >= 4 is 21.8 Å². The van der Waals surface area contributed by atoms with Crippen LogP contribution >= 0.6 is 0 Å². The van der Waals surface area contributed by atoms with Crippen LogP contribution in [0.25, 0.3) is 0 Å². The molecule has 1 aliphatic heterocycles. The van der Waals surface area contributed by atoms with Crippen LogP contribution in [0.1, 0.15) is 65.6 Å². The molecule has 0 unspecified atom stereocenters. The van der Waals surface area contributed by atoms with Gasteiger partial charge in [-0.3, -0.25) is 9.59 Å². The highest BCUT2D eigenvalue weighted by atomic mass is 32.2. The summed E-state index contributed by atoms with van der Waals surface area (Å²) in [4.78, 5) is 25.5. The van der Waals surface area contributed by atoms with Crippen LogP contribution in [0.3, 0.4) is 0 Å². The summed E-state index contributed by atoms with van der Waals surface area (Å²) < 4.78 is 34.8. The van der Waals surface area contributed by atoms with E-state index >= 15 is 0 Å². The van der Waals surface area contributed by atoms with Gasteiger partial charge in [-0.1, -0.05) is 6.07 Å². The standard InChI is InChI=1S/C25H34N2O5S/c1-16(2)27-19(5)14-23(20(27)6)24(28)15-32-25(29)21-9-11-26(12-10-21)33(30,31)22-8-7-17(3)18(4)13-22/h7-8,13-14,16,21H,9-12,15H2,1-6H3. The molecule has 0 atom stereocenters. The average Bonchev–Trinajstić information content (AvgIpc) is 3.07. The fourth-order valence-electron chi connectivity index (χ4n) is 4.54. The molecule has 0 bridgehead atoms. The molecule has 0 aliphatic carbocycles. The van der Waals surface area contributed by atoms with E-state index in [-0.39, 0.29) is 36.4 Å². The number of ketones is 1. The number of nitrogens with zero attached hydrogens (tertiary/aromatic N) is 2. The maximum atomic E-state index is 13.0. The van der Waals surface area contributed by atoms with Crippen molar-refractivity contribution in [3.8, 4) is 0 Å². The van der Waals surface area contributed by atoms with Crippen LogP contribution in [0, 0.1) is 33.6 Å². The first-order valence-corrected chi connectivity index (χ1v) is 12.8. The van der Waals surface area contributed by atoms with Gasteiger partial charge in [-0.15, -0.1) is 0 Å². The van der Waals surface area contributed by atoms with E-state index in [1.165, 1.54) is 4.31 Å². The number of esters is 1. The zero-order valence-electron chi connectivity index (χ0n) is 20.3. The summed E-state index contributed by atoms with van der Waals surface area (Å²) in [5.41, 5.74) is 4.40. The predicted molar refractivity (Wildman–Crippen MR) is 127 cm³/mol. The number of benzene rings is 1. The number of rotatable bonds is 7. The van der Waals surface area contributed by atoms with Crippen LogP contribution < -0.4 is 0 Å². The Bertz CT molecular complexity index is 1160. The van der Waals surface area contributed by atoms with Crippen molar-refractivity contribution in [2.45, 2.75) is 65.3 Å². The van der Waals surface area contributed by atoms with Gasteiger partial charge in [0.1, 0.15) is 0 Å². The van der Waals surface area contributed by atoms with Gasteiger partial charge in [-0.25, -0.2) is 8.42 Å². The Morgan fingerprint density at radius 2 is 1.67 bits per heavy atom. The van der Waals surface area contributed by atoms with Crippen LogP contribution in [-0.2, 0) is 19.6 Å². The van der Waals surface area contributed by atoms with E-state index in [1.807, 2.05) is 39.8 Å². The highest BCUT2D eigenvalue weighted by Gasteiger charge is 2.33. The highest BCUT2D eigenvalue weighted by molar-refractivity contribution is 7.89. The van der Waals surface area contributed by atoms with Gasteiger partial charge < -0.3 is 9.30 Å². The molecule has 1 aromatic heterocycles. The van der Waals surface area contributed by atoms with E-state index in [2.05, 4.69) is 18.4 Å². The fraction of sp³-hybridized carbons (Fsp3) is 0.520. The van der Waals surface area contributed by atoms with E-state index in [4.69, 9.17) is 4.74 Å². The molecule has 1 aromatic carbocycles. The Hall–Kier alpha value is -2.45. The molecule has 0 amide bonds. The average molecular weight is 475 g/mol. The van der Waals surface area contributed by atoms with Crippen molar-refractivity contribution < 1.29 is 22.7 Å². The first-order valence-electron chi connectivity index (χ1n) is 11.4. The number of hydrogen-bond donors (Lipinski definition) is 0. The molecule has 1 fully saturated rings. The fourth-order valence-corrected chi connectivity index (χ4v) is 6.10. The summed E-state index contributed by atoms with van der Waals surface area (Å²) in [6.45, 7) is 12.0. The summed E-state index contributed by atoms with van der Waals surface area (Å²) >= 11 is 0. The molecule has 8 heteroatoms. The topological polar surface area (TPSA) is 85.7 Å². The van der Waals surface area contributed by atoms with Crippen molar-refractivity contribution in [1.82, 2.24) is 8.87 Å². The summed E-state index contributed by atoms with van der Waals surface area (Å²) in [6.07, 6.45) is 0.748. The van der Waals surface area contributed by atoms with E-state index < -0.39 is 21.9 Å². The number of carbonyl (C=O) groups is 2. The van der Waals surface area contributed by atoms with Gasteiger partial charge in [0.05, 0.1) is 10.8 Å². The van der Waals surface area contributed by atoms with Gasteiger partial charge in [0.15, 0.2) is 6.61 Å². The van der Waals surface area contributed by atoms with Gasteiger partial charge in [-0.05, 0) is 83.7 Å². The SMILES string of the molecule is Cc1ccc(S(=O)(=O)N2CCC(C(=O)OCC(=O)c3cc(C)n(C(C)C)c3C)CC2)cc1C. The van der Waals surface area contributed by atoms with Crippen LogP contribution in [-0.4, -0.2) is 48.7 Å². The Kier molecular flexibility index (Phi) is 7.49. The molecule has 1 saturated heterocycles. The largest absolute Gasteiger partial charge is 0.457 e. The molecule has 7 nitrogen and oxygen atoms in total. The number of aromatic nitrogens is 1. The maximum Gasteiger partial charge on any atom is 0.309 e. The van der Waals surface area contributed by atoms with Crippen molar-refractivity contribution in [3.05, 3.63) is 52.3 Å². The molecule has 33 heavy (non-hydrogen) atoms. The number of carbonyl (C=O) groups excluding carboxylic acids is 2. The predicted octanol–water partition coefficient (Wildman–Crippen LogP) is 4.13. The molecule has 2 aromatic rings. The van der Waals surface area contributed by atoms with Crippen molar-refractivity contribution in [3.63, 3.8) is 0 Å². The number of ether oxygens (including phenoxy) is 1. The van der Waals surface area contributed by atoms with E-state index in [0.29, 0.717) is 18.4 Å². The number of hydrogen-bond acceptors (Lipinski definition) is 5. The number of aryl methyl sites for hydroxylation is 3. The summed E-state index contributed by atoms with van der Waals surface area (Å²) in [6, 6.07) is 7.19. The zero-order valence-corrected chi connectivity index (χ0v) is 21.2. The minimum atomic E-state index is -3.60. The van der Waals surface area contributed by atoms with Crippen LogP contribution in [0.15, 0.2) is 29.2 Å². The van der Waals surface area contributed by atoms with Crippen LogP contribution in [0.2, 0.25) is 0 Å². The third-order valence-electron chi connectivity index (χ3n) is 6.55. The molecular weight excluding hydrogens is 440 g/mol. The Morgan fingerprint density at radius 3 is 2.21 bits per heavy atom. The molecule has 0 spiro atoms. The van der Waals surface area contributed by atoms with E-state index in [0.717, 1.165) is 22.5 Å². The minimum Gasteiger partial charge on any atom is -0.457 e. The second kappa shape index (κ2) is 9.81. The molecule has 180 valence electrons. The third kappa shape index (κ3) is 5.22. The quantitative estimate of drug-likeness (QED) is 0.445. The molecule has 2 heterocycles. The van der Waals surface area contributed by atoms with E-state index in [1.54, 1.807) is 12.1 Å². The lowest BCUT2D eigenvalue weighted by molar-refractivity contribution is -0.148. The summed E-state index contributed by atoms with van der Waals surface area (Å²) in [5, 5.41) is 0.